The monoisotopic (exact) mass is 396 g/mol. The van der Waals surface area contributed by atoms with E-state index in [9.17, 15) is 4.79 Å². The van der Waals surface area contributed by atoms with E-state index in [2.05, 4.69) is 22.3 Å². The molecule has 142 valence electrons. The highest BCUT2D eigenvalue weighted by Crippen LogP contribution is 2.23. The third kappa shape index (κ3) is 5.54. The van der Waals surface area contributed by atoms with E-state index in [0.717, 1.165) is 48.9 Å². The van der Waals surface area contributed by atoms with Gasteiger partial charge in [-0.15, -0.1) is 11.3 Å². The fraction of sp³-hybridized carbons (Fsp3) is 0.556. The second-order valence-corrected chi connectivity index (χ2v) is 8.40. The van der Waals surface area contributed by atoms with E-state index >= 15 is 0 Å². The van der Waals surface area contributed by atoms with Crippen molar-refractivity contribution in [1.29, 1.82) is 0 Å². The van der Waals surface area contributed by atoms with Gasteiger partial charge in [-0.1, -0.05) is 11.6 Å². The lowest BCUT2D eigenvalue weighted by atomic mass is 10.00. The number of piperidine rings is 1. The Hall–Kier alpha value is -1.41. The Morgan fingerprint density at radius 3 is 3.04 bits per heavy atom. The smallest absolute Gasteiger partial charge is 0.239 e. The molecule has 8 heteroatoms. The van der Waals surface area contributed by atoms with Gasteiger partial charge in [-0.25, -0.2) is 0 Å². The number of likely N-dealkylation sites (tertiary alicyclic amines) is 1. The van der Waals surface area contributed by atoms with Crippen molar-refractivity contribution in [3.8, 4) is 0 Å². The molecule has 0 saturated carbocycles. The van der Waals surface area contributed by atoms with Crippen LogP contribution in [0.4, 0.5) is 0 Å². The van der Waals surface area contributed by atoms with Crippen LogP contribution in [0, 0.1) is 0 Å². The van der Waals surface area contributed by atoms with Gasteiger partial charge in [0.1, 0.15) is 6.54 Å². The number of aromatic nitrogens is 2. The highest BCUT2D eigenvalue weighted by atomic mass is 35.5. The molecule has 1 aliphatic heterocycles. The van der Waals surface area contributed by atoms with Crippen molar-refractivity contribution in [2.75, 3.05) is 13.2 Å². The molecule has 0 bridgehead atoms. The normalized spacial score (nSPS) is 21.2. The minimum atomic E-state index is -0.379. The third-order valence-electron chi connectivity index (χ3n) is 4.72. The number of nitrogens with zero attached hydrogens (tertiary/aromatic N) is 3. The molecule has 0 aliphatic carbocycles. The molecular weight excluding hydrogens is 372 g/mol. The Kier molecular flexibility index (Phi) is 6.69. The molecule has 1 fully saturated rings. The fourth-order valence-electron chi connectivity index (χ4n) is 3.35. The van der Waals surface area contributed by atoms with Crippen LogP contribution in [0.25, 0.3) is 0 Å². The van der Waals surface area contributed by atoms with E-state index in [1.807, 2.05) is 18.5 Å². The van der Waals surface area contributed by atoms with Gasteiger partial charge in [-0.2, -0.15) is 5.10 Å². The van der Waals surface area contributed by atoms with Crippen LogP contribution in [0.1, 0.15) is 30.9 Å². The van der Waals surface area contributed by atoms with Crippen LogP contribution >= 0.6 is 22.9 Å². The van der Waals surface area contributed by atoms with Crippen LogP contribution in [-0.2, 0) is 29.0 Å². The predicted molar refractivity (Wildman–Crippen MR) is 103 cm³/mol. The van der Waals surface area contributed by atoms with Crippen molar-refractivity contribution in [2.45, 2.75) is 51.4 Å². The quantitative estimate of drug-likeness (QED) is 0.744. The zero-order valence-electron chi connectivity index (χ0n) is 14.9. The fourth-order valence-corrected chi connectivity index (χ4v) is 4.30. The summed E-state index contributed by atoms with van der Waals surface area (Å²) in [5.41, 5.74) is 7.56. The van der Waals surface area contributed by atoms with Gasteiger partial charge in [0.25, 0.3) is 0 Å². The first kappa shape index (κ1) is 19.4. The van der Waals surface area contributed by atoms with Crippen molar-refractivity contribution in [3.63, 3.8) is 0 Å². The number of carbonyl (C=O) groups is 1. The van der Waals surface area contributed by atoms with Crippen LogP contribution < -0.4 is 5.73 Å². The molecule has 2 aromatic heterocycles. The summed E-state index contributed by atoms with van der Waals surface area (Å²) in [6.45, 7) is 4.93. The van der Waals surface area contributed by atoms with Gasteiger partial charge in [-0.05, 0) is 43.2 Å². The standard InChI is InChI=1S/C18H25ClN4O2S/c1-13-6-16(25-5-3-14-7-17(19)26-12-14)2-4-22(13)9-15-8-21-23(10-15)11-18(20)24/h7-8,10,12-13,16H,2-6,9,11H2,1H3,(H2,20,24)/t13-,16?/m0/s1. The maximum Gasteiger partial charge on any atom is 0.239 e. The van der Waals surface area contributed by atoms with Crippen molar-refractivity contribution in [3.05, 3.63) is 39.3 Å². The Labute approximate surface area is 162 Å². The van der Waals surface area contributed by atoms with Crippen LogP contribution in [0.15, 0.2) is 23.8 Å². The lowest BCUT2D eigenvalue weighted by Crippen LogP contribution is -2.43. The lowest BCUT2D eigenvalue weighted by molar-refractivity contribution is -0.118. The van der Waals surface area contributed by atoms with Gasteiger partial charge >= 0.3 is 0 Å². The molecule has 26 heavy (non-hydrogen) atoms. The number of halogens is 1. The number of amides is 1. The summed E-state index contributed by atoms with van der Waals surface area (Å²) in [7, 11) is 0. The number of nitrogens with two attached hydrogens (primary N) is 1. The van der Waals surface area contributed by atoms with E-state index in [1.165, 1.54) is 5.56 Å². The maximum absolute atomic E-state index is 11.0. The van der Waals surface area contributed by atoms with Gasteiger partial charge in [0.05, 0.1) is 23.2 Å². The number of thiophene rings is 1. The zero-order chi connectivity index (χ0) is 18.5. The molecule has 3 heterocycles. The summed E-state index contributed by atoms with van der Waals surface area (Å²) in [5, 5.41) is 6.28. The van der Waals surface area contributed by atoms with Crippen molar-refractivity contribution >= 4 is 28.8 Å². The third-order valence-corrected chi connectivity index (χ3v) is 5.86. The summed E-state index contributed by atoms with van der Waals surface area (Å²) in [6, 6.07) is 2.46. The largest absolute Gasteiger partial charge is 0.378 e. The molecular formula is C18H25ClN4O2S. The predicted octanol–water partition coefficient (Wildman–Crippen LogP) is 2.70. The highest BCUT2D eigenvalue weighted by molar-refractivity contribution is 7.14. The van der Waals surface area contributed by atoms with E-state index in [-0.39, 0.29) is 12.5 Å². The first-order valence-corrected chi connectivity index (χ1v) is 10.1. The highest BCUT2D eigenvalue weighted by Gasteiger charge is 2.26. The number of hydrogen-bond donors (Lipinski definition) is 1. The molecule has 2 atom stereocenters. The first-order valence-electron chi connectivity index (χ1n) is 8.88. The van der Waals surface area contributed by atoms with Crippen LogP contribution in [0.3, 0.4) is 0 Å². The molecule has 0 aromatic carbocycles. The minimum absolute atomic E-state index is 0.126. The average Bonchev–Trinajstić information content (AvgIpc) is 3.18. The number of ether oxygens (including phenoxy) is 1. The minimum Gasteiger partial charge on any atom is -0.378 e. The molecule has 1 saturated heterocycles. The molecule has 2 aromatic rings. The van der Waals surface area contributed by atoms with E-state index in [1.54, 1.807) is 16.0 Å². The van der Waals surface area contributed by atoms with E-state index in [4.69, 9.17) is 22.1 Å². The molecule has 2 N–H and O–H groups in total. The molecule has 1 aliphatic rings. The molecule has 1 unspecified atom stereocenters. The Balaban J connectivity index is 1.41. The number of rotatable bonds is 8. The van der Waals surface area contributed by atoms with Crippen molar-refractivity contribution in [1.82, 2.24) is 14.7 Å². The summed E-state index contributed by atoms with van der Waals surface area (Å²) < 4.78 is 8.51. The summed E-state index contributed by atoms with van der Waals surface area (Å²) in [6.07, 6.45) is 6.99. The first-order chi connectivity index (χ1) is 12.5. The maximum atomic E-state index is 11.0. The lowest BCUT2D eigenvalue weighted by Gasteiger charge is -2.37. The Bertz CT molecular complexity index is 732. The molecule has 1 amide bonds. The second-order valence-electron chi connectivity index (χ2n) is 6.86. The summed E-state index contributed by atoms with van der Waals surface area (Å²) in [4.78, 5) is 13.4. The van der Waals surface area contributed by atoms with Gasteiger partial charge in [0, 0.05) is 30.9 Å². The Morgan fingerprint density at radius 1 is 1.50 bits per heavy atom. The van der Waals surface area contributed by atoms with Crippen LogP contribution in [-0.4, -0.2) is 45.9 Å². The SMILES string of the molecule is C[C@H]1CC(OCCc2csc(Cl)c2)CCN1Cc1cnn(CC(N)=O)c1. The van der Waals surface area contributed by atoms with Crippen molar-refractivity contribution in [2.24, 2.45) is 5.73 Å². The van der Waals surface area contributed by atoms with Gasteiger partial charge in [0.2, 0.25) is 5.91 Å². The topological polar surface area (TPSA) is 73.4 Å². The zero-order valence-corrected chi connectivity index (χ0v) is 16.5. The van der Waals surface area contributed by atoms with Gasteiger partial charge in [-0.3, -0.25) is 14.4 Å². The molecule has 6 nitrogen and oxygen atoms in total. The van der Waals surface area contributed by atoms with E-state index in [0.29, 0.717) is 12.1 Å². The van der Waals surface area contributed by atoms with Crippen LogP contribution in [0.5, 0.6) is 0 Å². The summed E-state index contributed by atoms with van der Waals surface area (Å²) >= 11 is 7.53. The summed E-state index contributed by atoms with van der Waals surface area (Å²) in [5.74, 6) is -0.379. The molecule has 0 radical (unpaired) electrons. The van der Waals surface area contributed by atoms with Gasteiger partial charge < -0.3 is 10.5 Å². The van der Waals surface area contributed by atoms with E-state index < -0.39 is 0 Å². The number of primary amides is 1. The molecule has 3 rings (SSSR count). The van der Waals surface area contributed by atoms with Gasteiger partial charge in [0.15, 0.2) is 0 Å². The second kappa shape index (κ2) is 8.99. The average molecular weight is 397 g/mol. The number of carbonyl (C=O) groups excluding carboxylic acids is 1. The molecule has 0 spiro atoms. The Morgan fingerprint density at radius 2 is 2.35 bits per heavy atom. The number of hydrogen-bond acceptors (Lipinski definition) is 5. The van der Waals surface area contributed by atoms with Crippen molar-refractivity contribution < 1.29 is 9.53 Å². The van der Waals surface area contributed by atoms with Crippen LogP contribution in [0.2, 0.25) is 4.34 Å².